The van der Waals surface area contributed by atoms with Gasteiger partial charge in [-0.15, -0.1) is 0 Å². The van der Waals surface area contributed by atoms with Crippen molar-refractivity contribution in [1.82, 2.24) is 5.06 Å². The number of carbonyl (C=O) groups excluding carboxylic acids is 1. The molecule has 0 unspecified atom stereocenters. The number of hydrogen-bond acceptors (Lipinski definition) is 3. The lowest BCUT2D eigenvalue weighted by Gasteiger charge is -2.27. The van der Waals surface area contributed by atoms with Crippen LogP contribution < -0.4 is 4.74 Å². The molecule has 1 heterocycles. The van der Waals surface area contributed by atoms with Crippen molar-refractivity contribution in [2.24, 2.45) is 0 Å². The number of hydroxylamine groups is 2. The number of hydrogen-bond donors (Lipinski definition) is 0. The average Bonchev–Trinajstić information content (AvgIpc) is 2.38. The van der Waals surface area contributed by atoms with Gasteiger partial charge in [-0.05, 0) is 31.4 Å². The summed E-state index contributed by atoms with van der Waals surface area (Å²) in [7, 11) is 3.10. The molecule has 1 aromatic carbocycles. The van der Waals surface area contributed by atoms with Crippen molar-refractivity contribution in [3.05, 3.63) is 29.3 Å². The minimum absolute atomic E-state index is 0.0506. The molecule has 1 aromatic rings. The van der Waals surface area contributed by atoms with Crippen LogP contribution in [0.25, 0.3) is 0 Å². The fourth-order valence-corrected chi connectivity index (χ4v) is 2.14. The molecule has 1 atom stereocenters. The molecule has 0 bridgehead atoms. The molecule has 0 N–H and O–H groups in total. The summed E-state index contributed by atoms with van der Waals surface area (Å²) in [6.45, 7) is 2.07. The van der Waals surface area contributed by atoms with Crippen molar-refractivity contribution in [2.75, 3.05) is 14.2 Å². The van der Waals surface area contributed by atoms with E-state index in [1.807, 2.05) is 12.1 Å². The monoisotopic (exact) mass is 249 g/mol. The van der Waals surface area contributed by atoms with E-state index in [9.17, 15) is 4.79 Å². The molecule has 0 saturated carbocycles. The fraction of sp³-hybridized carbons (Fsp3) is 0.500. The van der Waals surface area contributed by atoms with Crippen LogP contribution >= 0.6 is 0 Å². The predicted octanol–water partition coefficient (Wildman–Crippen LogP) is 2.10. The molecule has 4 heteroatoms. The Hall–Kier alpha value is -1.55. The lowest BCUT2D eigenvalue weighted by Crippen LogP contribution is -2.33. The van der Waals surface area contributed by atoms with Crippen molar-refractivity contribution in [3.63, 3.8) is 0 Å². The van der Waals surface area contributed by atoms with Crippen LogP contribution in [0.4, 0.5) is 0 Å². The van der Waals surface area contributed by atoms with Crippen molar-refractivity contribution >= 4 is 5.91 Å². The Bertz CT molecular complexity index is 445. The van der Waals surface area contributed by atoms with Gasteiger partial charge in [-0.2, -0.15) is 0 Å². The van der Waals surface area contributed by atoms with Gasteiger partial charge in [0.15, 0.2) is 0 Å². The number of rotatable bonds is 3. The maximum absolute atomic E-state index is 11.7. The molecule has 98 valence electrons. The third-order valence-corrected chi connectivity index (χ3v) is 3.27. The summed E-state index contributed by atoms with van der Waals surface area (Å²) in [5, 5.41) is 1.24. The van der Waals surface area contributed by atoms with E-state index in [-0.39, 0.29) is 12.0 Å². The van der Waals surface area contributed by atoms with Gasteiger partial charge in [-0.1, -0.05) is 17.7 Å². The zero-order valence-corrected chi connectivity index (χ0v) is 11.1. The summed E-state index contributed by atoms with van der Waals surface area (Å²) in [5.41, 5.74) is 2.48. The zero-order chi connectivity index (χ0) is 13.1. The number of nitrogens with zero attached hydrogens (tertiary/aromatic N) is 1. The number of ether oxygens (including phenoxy) is 1. The van der Waals surface area contributed by atoms with Crippen LogP contribution in [-0.4, -0.2) is 31.2 Å². The van der Waals surface area contributed by atoms with Gasteiger partial charge in [-0.25, -0.2) is 5.06 Å². The molecule has 1 aliphatic rings. The quantitative estimate of drug-likeness (QED) is 0.770. The van der Waals surface area contributed by atoms with Gasteiger partial charge in [0.2, 0.25) is 5.91 Å². The Kier molecular flexibility index (Phi) is 3.87. The topological polar surface area (TPSA) is 38.8 Å². The first-order valence-corrected chi connectivity index (χ1v) is 6.17. The van der Waals surface area contributed by atoms with Gasteiger partial charge < -0.3 is 4.74 Å². The SMILES string of the molecule is CON(C)C(=O)C[C@H]1CCc2cc(C)ccc2O1. The van der Waals surface area contributed by atoms with Crippen LogP contribution in [0.2, 0.25) is 0 Å². The van der Waals surface area contributed by atoms with Crippen LogP contribution in [0.1, 0.15) is 24.0 Å². The second-order valence-electron chi connectivity index (χ2n) is 4.67. The van der Waals surface area contributed by atoms with Crippen LogP contribution in [0, 0.1) is 6.92 Å². The van der Waals surface area contributed by atoms with E-state index in [1.165, 1.54) is 23.3 Å². The highest BCUT2D eigenvalue weighted by Gasteiger charge is 2.23. The Morgan fingerprint density at radius 2 is 2.33 bits per heavy atom. The van der Waals surface area contributed by atoms with E-state index in [1.54, 1.807) is 7.05 Å². The molecule has 0 aromatic heterocycles. The minimum atomic E-state index is -0.0574. The third-order valence-electron chi connectivity index (χ3n) is 3.27. The summed E-state index contributed by atoms with van der Waals surface area (Å²) in [4.78, 5) is 16.6. The van der Waals surface area contributed by atoms with Gasteiger partial charge in [-0.3, -0.25) is 9.63 Å². The van der Waals surface area contributed by atoms with Crippen molar-refractivity contribution < 1.29 is 14.4 Å². The van der Waals surface area contributed by atoms with E-state index < -0.39 is 0 Å². The zero-order valence-electron chi connectivity index (χ0n) is 11.1. The van der Waals surface area contributed by atoms with E-state index >= 15 is 0 Å². The summed E-state index contributed by atoms with van der Waals surface area (Å²) < 4.78 is 5.85. The fourth-order valence-electron chi connectivity index (χ4n) is 2.14. The lowest BCUT2D eigenvalue weighted by molar-refractivity contribution is -0.170. The van der Waals surface area contributed by atoms with E-state index in [0.717, 1.165) is 18.6 Å². The van der Waals surface area contributed by atoms with Crippen molar-refractivity contribution in [1.29, 1.82) is 0 Å². The molecule has 0 saturated heterocycles. The number of carbonyl (C=O) groups is 1. The third kappa shape index (κ3) is 2.82. The second kappa shape index (κ2) is 5.40. The first-order valence-electron chi connectivity index (χ1n) is 6.17. The number of fused-ring (bicyclic) bond motifs is 1. The van der Waals surface area contributed by atoms with Crippen LogP contribution in [-0.2, 0) is 16.1 Å². The van der Waals surface area contributed by atoms with Crippen molar-refractivity contribution in [2.45, 2.75) is 32.3 Å². The maximum atomic E-state index is 11.7. The highest BCUT2D eigenvalue weighted by Crippen LogP contribution is 2.29. The van der Waals surface area contributed by atoms with E-state index in [0.29, 0.717) is 6.42 Å². The Labute approximate surface area is 107 Å². The van der Waals surface area contributed by atoms with Crippen LogP contribution in [0.15, 0.2) is 18.2 Å². The highest BCUT2D eigenvalue weighted by atomic mass is 16.7. The van der Waals surface area contributed by atoms with E-state index in [4.69, 9.17) is 9.57 Å². The van der Waals surface area contributed by atoms with Crippen LogP contribution in [0.5, 0.6) is 5.75 Å². The smallest absolute Gasteiger partial charge is 0.249 e. The molecule has 0 radical (unpaired) electrons. The molecule has 0 aliphatic carbocycles. The predicted molar refractivity (Wildman–Crippen MR) is 68.3 cm³/mol. The Morgan fingerprint density at radius 3 is 3.06 bits per heavy atom. The standard InChI is InChI=1S/C14H19NO3/c1-10-4-7-13-11(8-10)5-6-12(18-13)9-14(16)15(2)17-3/h4,7-8,12H,5-6,9H2,1-3H3/t12-/m1/s1. The maximum Gasteiger partial charge on any atom is 0.249 e. The van der Waals surface area contributed by atoms with E-state index in [2.05, 4.69) is 13.0 Å². The Balaban J connectivity index is 2.00. The summed E-state index contributed by atoms with van der Waals surface area (Å²) in [6.07, 6.45) is 2.15. The molecule has 4 nitrogen and oxygen atoms in total. The molecule has 0 spiro atoms. The number of amides is 1. The molecule has 2 rings (SSSR count). The van der Waals surface area contributed by atoms with Gasteiger partial charge >= 0.3 is 0 Å². The Morgan fingerprint density at radius 1 is 1.56 bits per heavy atom. The minimum Gasteiger partial charge on any atom is -0.490 e. The molecule has 1 amide bonds. The summed E-state index contributed by atoms with van der Waals surface area (Å²) in [6, 6.07) is 6.17. The van der Waals surface area contributed by atoms with Crippen LogP contribution in [0.3, 0.4) is 0 Å². The molecule has 0 fully saturated rings. The number of aryl methyl sites for hydroxylation is 2. The first kappa shape index (κ1) is 12.9. The molecule has 1 aliphatic heterocycles. The van der Waals surface area contributed by atoms with Gasteiger partial charge in [0.05, 0.1) is 13.5 Å². The highest BCUT2D eigenvalue weighted by molar-refractivity contribution is 5.75. The average molecular weight is 249 g/mol. The number of benzene rings is 1. The first-order chi connectivity index (χ1) is 8.60. The summed E-state index contributed by atoms with van der Waals surface area (Å²) >= 11 is 0. The molecule has 18 heavy (non-hydrogen) atoms. The molecular formula is C14H19NO3. The van der Waals surface area contributed by atoms with Gasteiger partial charge in [0.1, 0.15) is 11.9 Å². The second-order valence-corrected chi connectivity index (χ2v) is 4.67. The van der Waals surface area contributed by atoms with Gasteiger partial charge in [0, 0.05) is 7.05 Å². The van der Waals surface area contributed by atoms with Gasteiger partial charge in [0.25, 0.3) is 0 Å². The lowest BCUT2D eigenvalue weighted by atomic mass is 9.99. The summed E-state index contributed by atoms with van der Waals surface area (Å²) in [5.74, 6) is 0.850. The van der Waals surface area contributed by atoms with Crippen molar-refractivity contribution in [3.8, 4) is 5.75 Å². The largest absolute Gasteiger partial charge is 0.490 e. The molecular weight excluding hydrogens is 230 g/mol. The normalized spacial score (nSPS) is 17.8.